The minimum absolute atomic E-state index is 0.292. The lowest BCUT2D eigenvalue weighted by Crippen LogP contribution is -2.49. The van der Waals surface area contributed by atoms with Crippen LogP contribution in [0.1, 0.15) is 36.5 Å². The van der Waals surface area contributed by atoms with Crippen molar-refractivity contribution in [1.82, 2.24) is 10.2 Å². The topological polar surface area (TPSA) is 35.5 Å². The number of hydrogen-bond acceptors (Lipinski definition) is 4. The fourth-order valence-corrected chi connectivity index (χ4v) is 3.97. The molecule has 1 aromatic rings. The van der Waals surface area contributed by atoms with E-state index in [1.54, 1.807) is 4.88 Å². The second-order valence-electron chi connectivity index (χ2n) is 5.86. The first kappa shape index (κ1) is 13.6. The van der Waals surface area contributed by atoms with Crippen LogP contribution >= 0.6 is 11.3 Å². The molecule has 19 heavy (non-hydrogen) atoms. The number of hydrogen-bond donors (Lipinski definition) is 2. The van der Waals surface area contributed by atoms with Gasteiger partial charge in [0.15, 0.2) is 0 Å². The molecule has 2 N–H and O–H groups in total. The molecule has 2 fully saturated rings. The third-order valence-electron chi connectivity index (χ3n) is 4.26. The SMILES string of the molecule is OCCCNC1CC(c2cccs2)CN(C2CC2)C1. The highest BCUT2D eigenvalue weighted by Crippen LogP contribution is 2.36. The van der Waals surface area contributed by atoms with E-state index in [4.69, 9.17) is 5.11 Å². The minimum atomic E-state index is 0.292. The molecule has 0 radical (unpaired) electrons. The van der Waals surface area contributed by atoms with Crippen LogP contribution in [0.2, 0.25) is 0 Å². The predicted molar refractivity (Wildman–Crippen MR) is 79.8 cm³/mol. The van der Waals surface area contributed by atoms with Gasteiger partial charge in [0.1, 0.15) is 0 Å². The van der Waals surface area contributed by atoms with Gasteiger partial charge in [-0.25, -0.2) is 0 Å². The number of thiophene rings is 1. The highest BCUT2D eigenvalue weighted by atomic mass is 32.1. The Morgan fingerprint density at radius 3 is 2.95 bits per heavy atom. The van der Waals surface area contributed by atoms with E-state index in [2.05, 4.69) is 27.7 Å². The third-order valence-corrected chi connectivity index (χ3v) is 5.29. The number of piperidine rings is 1. The Balaban J connectivity index is 1.61. The van der Waals surface area contributed by atoms with Crippen molar-refractivity contribution in [1.29, 1.82) is 0 Å². The van der Waals surface area contributed by atoms with Crippen LogP contribution in [0.5, 0.6) is 0 Å². The molecule has 106 valence electrons. The van der Waals surface area contributed by atoms with E-state index >= 15 is 0 Å². The van der Waals surface area contributed by atoms with Crippen LogP contribution in [0.25, 0.3) is 0 Å². The quantitative estimate of drug-likeness (QED) is 0.783. The Kier molecular flexibility index (Phi) is 4.53. The second-order valence-corrected chi connectivity index (χ2v) is 6.84. The summed E-state index contributed by atoms with van der Waals surface area (Å²) in [4.78, 5) is 4.23. The van der Waals surface area contributed by atoms with E-state index in [1.165, 1.54) is 32.4 Å². The summed E-state index contributed by atoms with van der Waals surface area (Å²) in [6.45, 7) is 3.67. The summed E-state index contributed by atoms with van der Waals surface area (Å²) in [6, 6.07) is 5.90. The molecule has 0 spiro atoms. The van der Waals surface area contributed by atoms with Crippen LogP contribution in [-0.4, -0.2) is 48.3 Å². The molecule has 2 unspecified atom stereocenters. The van der Waals surface area contributed by atoms with Crippen molar-refractivity contribution in [3.63, 3.8) is 0 Å². The summed E-state index contributed by atoms with van der Waals surface area (Å²) in [5.74, 6) is 0.695. The van der Waals surface area contributed by atoms with Crippen molar-refractivity contribution in [2.75, 3.05) is 26.2 Å². The number of rotatable bonds is 6. The molecule has 1 saturated heterocycles. The molecule has 0 amide bonds. The van der Waals surface area contributed by atoms with Crippen LogP contribution in [0.15, 0.2) is 17.5 Å². The van der Waals surface area contributed by atoms with Gasteiger partial charge in [-0.15, -0.1) is 11.3 Å². The maximum absolute atomic E-state index is 8.90. The first-order chi connectivity index (χ1) is 9.36. The first-order valence-corrected chi connectivity index (χ1v) is 8.36. The summed E-state index contributed by atoms with van der Waals surface area (Å²) in [6.07, 6.45) is 4.89. The zero-order valence-corrected chi connectivity index (χ0v) is 12.2. The van der Waals surface area contributed by atoms with Gasteiger partial charge in [-0.1, -0.05) is 6.07 Å². The summed E-state index contributed by atoms with van der Waals surface area (Å²) in [5.41, 5.74) is 0. The number of aliphatic hydroxyl groups is 1. The lowest BCUT2D eigenvalue weighted by Gasteiger charge is -2.38. The van der Waals surface area contributed by atoms with Gasteiger partial charge in [0.25, 0.3) is 0 Å². The lowest BCUT2D eigenvalue weighted by atomic mass is 9.92. The van der Waals surface area contributed by atoms with Crippen molar-refractivity contribution in [2.45, 2.75) is 43.7 Å². The van der Waals surface area contributed by atoms with Crippen molar-refractivity contribution in [2.24, 2.45) is 0 Å². The Bertz CT molecular complexity index is 378. The maximum Gasteiger partial charge on any atom is 0.0443 e. The van der Waals surface area contributed by atoms with Gasteiger partial charge in [-0.3, -0.25) is 4.90 Å². The fraction of sp³-hybridized carbons (Fsp3) is 0.733. The molecule has 1 aliphatic heterocycles. The van der Waals surface area contributed by atoms with Crippen molar-refractivity contribution < 1.29 is 5.11 Å². The van der Waals surface area contributed by atoms with Gasteiger partial charge in [-0.05, 0) is 43.7 Å². The van der Waals surface area contributed by atoms with Crippen LogP contribution < -0.4 is 5.32 Å². The summed E-state index contributed by atoms with van der Waals surface area (Å²) >= 11 is 1.90. The zero-order valence-electron chi connectivity index (χ0n) is 11.4. The molecular weight excluding hydrogens is 256 g/mol. The molecule has 1 aliphatic carbocycles. The lowest BCUT2D eigenvalue weighted by molar-refractivity contribution is 0.162. The van der Waals surface area contributed by atoms with E-state index in [0.717, 1.165) is 19.0 Å². The van der Waals surface area contributed by atoms with Gasteiger partial charge < -0.3 is 10.4 Å². The van der Waals surface area contributed by atoms with Gasteiger partial charge >= 0.3 is 0 Å². The number of aliphatic hydroxyl groups excluding tert-OH is 1. The molecule has 4 heteroatoms. The van der Waals surface area contributed by atoms with Crippen LogP contribution in [0.3, 0.4) is 0 Å². The van der Waals surface area contributed by atoms with Gasteiger partial charge in [-0.2, -0.15) is 0 Å². The number of nitrogens with one attached hydrogen (secondary N) is 1. The molecule has 3 nitrogen and oxygen atoms in total. The van der Waals surface area contributed by atoms with E-state index in [9.17, 15) is 0 Å². The highest BCUT2D eigenvalue weighted by molar-refractivity contribution is 7.10. The first-order valence-electron chi connectivity index (χ1n) is 7.48. The molecule has 0 bridgehead atoms. The van der Waals surface area contributed by atoms with E-state index in [1.807, 2.05) is 11.3 Å². The standard InChI is InChI=1S/C15H24N2OS/c18-7-2-6-16-13-9-12(15-3-1-8-19-15)10-17(11-13)14-4-5-14/h1,3,8,12-14,16,18H,2,4-7,9-11H2. The number of nitrogens with zero attached hydrogens (tertiary/aromatic N) is 1. The zero-order chi connectivity index (χ0) is 13.1. The van der Waals surface area contributed by atoms with Crippen molar-refractivity contribution in [3.8, 4) is 0 Å². The Morgan fingerprint density at radius 1 is 1.37 bits per heavy atom. The Morgan fingerprint density at radius 2 is 2.26 bits per heavy atom. The summed E-state index contributed by atoms with van der Waals surface area (Å²) in [7, 11) is 0. The average Bonchev–Trinajstić information content (AvgIpc) is 3.14. The summed E-state index contributed by atoms with van der Waals surface area (Å²) in [5, 5.41) is 14.7. The Labute approximate surface area is 119 Å². The Hall–Kier alpha value is -0.420. The van der Waals surface area contributed by atoms with Crippen molar-refractivity contribution in [3.05, 3.63) is 22.4 Å². The molecule has 3 rings (SSSR count). The van der Waals surface area contributed by atoms with E-state index in [-0.39, 0.29) is 0 Å². The molecule has 2 heterocycles. The largest absolute Gasteiger partial charge is 0.396 e. The highest BCUT2D eigenvalue weighted by Gasteiger charge is 2.36. The van der Waals surface area contributed by atoms with E-state index in [0.29, 0.717) is 18.6 Å². The molecular formula is C15H24N2OS. The average molecular weight is 280 g/mol. The van der Waals surface area contributed by atoms with Gasteiger partial charge in [0.2, 0.25) is 0 Å². The van der Waals surface area contributed by atoms with Crippen molar-refractivity contribution >= 4 is 11.3 Å². The maximum atomic E-state index is 8.90. The van der Waals surface area contributed by atoms with Crippen LogP contribution in [-0.2, 0) is 0 Å². The predicted octanol–water partition coefficient (Wildman–Crippen LogP) is 2.04. The second kappa shape index (κ2) is 6.35. The third kappa shape index (κ3) is 3.57. The van der Waals surface area contributed by atoms with Crippen LogP contribution in [0, 0.1) is 0 Å². The van der Waals surface area contributed by atoms with Crippen LogP contribution in [0.4, 0.5) is 0 Å². The molecule has 1 saturated carbocycles. The molecule has 2 atom stereocenters. The molecule has 1 aromatic heterocycles. The smallest absolute Gasteiger partial charge is 0.0443 e. The minimum Gasteiger partial charge on any atom is -0.396 e. The summed E-state index contributed by atoms with van der Waals surface area (Å²) < 4.78 is 0. The normalized spacial score (nSPS) is 28.7. The molecule has 0 aromatic carbocycles. The van der Waals surface area contributed by atoms with E-state index < -0.39 is 0 Å². The number of likely N-dealkylation sites (tertiary alicyclic amines) is 1. The van der Waals surface area contributed by atoms with Gasteiger partial charge in [0, 0.05) is 42.6 Å². The fourth-order valence-electron chi connectivity index (χ4n) is 3.13. The van der Waals surface area contributed by atoms with Gasteiger partial charge in [0.05, 0.1) is 0 Å². The monoisotopic (exact) mass is 280 g/mol. The molecule has 2 aliphatic rings.